The first-order valence-electron chi connectivity index (χ1n) is 9.59. The Morgan fingerprint density at radius 3 is 2.48 bits per heavy atom. The lowest BCUT2D eigenvalue weighted by Gasteiger charge is -2.38. The van der Waals surface area contributed by atoms with Gasteiger partial charge in [0.1, 0.15) is 5.82 Å². The lowest BCUT2D eigenvalue weighted by molar-refractivity contribution is -0.113. The van der Waals surface area contributed by atoms with Gasteiger partial charge in [-0.15, -0.1) is 0 Å². The molecule has 2 saturated heterocycles. The number of Topliss-reactive ketones (excluding diaryl/α,β-unsaturated/α-hetero) is 1. The van der Waals surface area contributed by atoms with Crippen molar-refractivity contribution in [2.24, 2.45) is 0 Å². The van der Waals surface area contributed by atoms with Crippen molar-refractivity contribution in [2.75, 3.05) is 14.2 Å². The molecule has 2 fully saturated rings. The van der Waals surface area contributed by atoms with Crippen molar-refractivity contribution in [3.8, 4) is 0 Å². The Labute approximate surface area is 161 Å². The van der Waals surface area contributed by atoms with Crippen LogP contribution in [0.2, 0.25) is 0 Å². The maximum absolute atomic E-state index is 14.6. The standard InChI is InChI=1S/C16H20FNO2.C6H10O/c1-18-10-6-8-11(14(18)9-7-10)12-4-3-5-13(15(12)17)16(19)20-2;1-4-5(2)6(3)7/h3-5,10-11,14H,6-9H2,1-2H3;2,4H2,1,3H3. The van der Waals surface area contributed by atoms with Crippen LogP contribution in [0.15, 0.2) is 30.4 Å². The van der Waals surface area contributed by atoms with E-state index in [0.717, 1.165) is 25.7 Å². The number of allylic oxidation sites excluding steroid dienone is 1. The number of benzene rings is 1. The Hall–Kier alpha value is -2.01. The van der Waals surface area contributed by atoms with Gasteiger partial charge in [-0.05, 0) is 63.3 Å². The minimum Gasteiger partial charge on any atom is -0.465 e. The van der Waals surface area contributed by atoms with E-state index in [-0.39, 0.29) is 17.3 Å². The molecular formula is C22H30FNO3. The van der Waals surface area contributed by atoms with E-state index < -0.39 is 11.8 Å². The van der Waals surface area contributed by atoms with Gasteiger partial charge in [-0.25, -0.2) is 9.18 Å². The van der Waals surface area contributed by atoms with E-state index in [4.69, 9.17) is 0 Å². The molecule has 4 nitrogen and oxygen atoms in total. The number of hydrogen-bond donors (Lipinski definition) is 0. The quantitative estimate of drug-likeness (QED) is 0.574. The maximum atomic E-state index is 14.6. The summed E-state index contributed by atoms with van der Waals surface area (Å²) in [6.07, 6.45) is 5.21. The third-order valence-corrected chi connectivity index (χ3v) is 5.93. The molecule has 2 aliphatic heterocycles. The summed E-state index contributed by atoms with van der Waals surface area (Å²) in [5.74, 6) is -0.716. The Bertz CT molecular complexity index is 716. The smallest absolute Gasteiger partial charge is 0.340 e. The molecule has 27 heavy (non-hydrogen) atoms. The van der Waals surface area contributed by atoms with Crippen LogP contribution in [0.3, 0.4) is 0 Å². The van der Waals surface area contributed by atoms with Crippen molar-refractivity contribution in [3.05, 3.63) is 47.3 Å². The summed E-state index contributed by atoms with van der Waals surface area (Å²) in [5.41, 5.74) is 1.43. The largest absolute Gasteiger partial charge is 0.465 e. The van der Waals surface area contributed by atoms with Gasteiger partial charge in [0.15, 0.2) is 5.78 Å². The minimum atomic E-state index is -0.599. The number of rotatable bonds is 4. The van der Waals surface area contributed by atoms with Crippen molar-refractivity contribution < 1.29 is 18.7 Å². The van der Waals surface area contributed by atoms with Gasteiger partial charge in [0.25, 0.3) is 0 Å². The fourth-order valence-corrected chi connectivity index (χ4v) is 4.15. The number of likely N-dealkylation sites (N-methyl/N-ethyl adjacent to an activating group) is 1. The predicted octanol–water partition coefficient (Wildman–Crippen LogP) is 4.49. The third-order valence-electron chi connectivity index (χ3n) is 5.93. The molecule has 0 saturated carbocycles. The molecule has 2 bridgehead atoms. The van der Waals surface area contributed by atoms with Crippen LogP contribution in [-0.4, -0.2) is 42.9 Å². The van der Waals surface area contributed by atoms with Crippen molar-refractivity contribution >= 4 is 11.8 Å². The lowest BCUT2D eigenvalue weighted by atomic mass is 9.83. The molecule has 0 aliphatic carbocycles. The van der Waals surface area contributed by atoms with Crippen LogP contribution in [0.5, 0.6) is 0 Å². The first kappa shape index (κ1) is 21.3. The molecule has 0 aromatic heterocycles. The van der Waals surface area contributed by atoms with E-state index in [1.165, 1.54) is 26.5 Å². The molecule has 2 aliphatic rings. The molecule has 2 heterocycles. The average molecular weight is 375 g/mol. The molecule has 3 rings (SSSR count). The number of esters is 1. The third kappa shape index (κ3) is 4.64. The Morgan fingerprint density at radius 2 is 1.93 bits per heavy atom. The van der Waals surface area contributed by atoms with E-state index in [0.29, 0.717) is 23.2 Å². The molecule has 5 heteroatoms. The number of piperidine rings is 1. The number of hydrogen-bond acceptors (Lipinski definition) is 4. The van der Waals surface area contributed by atoms with Gasteiger partial charge in [-0.3, -0.25) is 9.69 Å². The first-order valence-corrected chi connectivity index (χ1v) is 9.59. The second kappa shape index (κ2) is 9.27. The summed E-state index contributed by atoms with van der Waals surface area (Å²) in [7, 11) is 3.42. The van der Waals surface area contributed by atoms with Gasteiger partial charge < -0.3 is 4.74 Å². The zero-order valence-corrected chi connectivity index (χ0v) is 16.8. The zero-order valence-electron chi connectivity index (χ0n) is 16.8. The fraction of sp³-hybridized carbons (Fsp3) is 0.545. The van der Waals surface area contributed by atoms with Crippen LogP contribution in [0.25, 0.3) is 0 Å². The molecule has 0 N–H and O–H groups in total. The van der Waals surface area contributed by atoms with Crippen LogP contribution < -0.4 is 0 Å². The molecule has 1 aromatic carbocycles. The van der Waals surface area contributed by atoms with Crippen LogP contribution in [0, 0.1) is 5.82 Å². The van der Waals surface area contributed by atoms with Crippen molar-refractivity contribution in [2.45, 2.75) is 64.0 Å². The molecule has 0 radical (unpaired) electrons. The molecule has 0 amide bonds. The highest BCUT2D eigenvalue weighted by atomic mass is 19.1. The summed E-state index contributed by atoms with van der Waals surface area (Å²) in [6.45, 7) is 6.98. The van der Waals surface area contributed by atoms with Gasteiger partial charge in [-0.1, -0.05) is 25.6 Å². The fourth-order valence-electron chi connectivity index (χ4n) is 4.15. The van der Waals surface area contributed by atoms with E-state index >= 15 is 0 Å². The van der Waals surface area contributed by atoms with Gasteiger partial charge in [0, 0.05) is 18.0 Å². The highest BCUT2D eigenvalue weighted by Crippen LogP contribution is 2.43. The molecule has 0 spiro atoms. The van der Waals surface area contributed by atoms with Gasteiger partial charge >= 0.3 is 5.97 Å². The number of ketones is 1. The Morgan fingerprint density at radius 1 is 1.26 bits per heavy atom. The van der Waals surface area contributed by atoms with Crippen molar-refractivity contribution in [1.29, 1.82) is 0 Å². The summed E-state index contributed by atoms with van der Waals surface area (Å²) < 4.78 is 19.3. The van der Waals surface area contributed by atoms with Crippen LogP contribution in [-0.2, 0) is 9.53 Å². The summed E-state index contributed by atoms with van der Waals surface area (Å²) >= 11 is 0. The number of nitrogens with zero attached hydrogens (tertiary/aromatic N) is 1. The van der Waals surface area contributed by atoms with Crippen molar-refractivity contribution in [3.63, 3.8) is 0 Å². The SMILES string of the molecule is C=C(CC)C(C)=O.COC(=O)c1cccc(C2CCC3CCC2N3C)c1F. The summed E-state index contributed by atoms with van der Waals surface area (Å²) in [6, 6.07) is 6.12. The lowest BCUT2D eigenvalue weighted by Crippen LogP contribution is -2.41. The summed E-state index contributed by atoms with van der Waals surface area (Å²) in [4.78, 5) is 24.3. The topological polar surface area (TPSA) is 46.6 Å². The van der Waals surface area contributed by atoms with Gasteiger partial charge in [0.05, 0.1) is 12.7 Å². The molecule has 148 valence electrons. The predicted molar refractivity (Wildman–Crippen MR) is 104 cm³/mol. The van der Waals surface area contributed by atoms with Crippen LogP contribution >= 0.6 is 0 Å². The number of halogens is 1. The van der Waals surface area contributed by atoms with Crippen LogP contribution in [0.4, 0.5) is 4.39 Å². The van der Waals surface area contributed by atoms with Gasteiger partial charge in [0.2, 0.25) is 0 Å². The van der Waals surface area contributed by atoms with E-state index in [1.807, 2.05) is 13.0 Å². The minimum absolute atomic E-state index is 0.0489. The zero-order chi connectivity index (χ0) is 20.1. The second-order valence-electron chi connectivity index (χ2n) is 7.36. The number of carbonyl (C=O) groups is 2. The number of carbonyl (C=O) groups excluding carboxylic acids is 2. The number of ether oxygens (including phenoxy) is 1. The van der Waals surface area contributed by atoms with E-state index in [9.17, 15) is 14.0 Å². The highest BCUT2D eigenvalue weighted by Gasteiger charge is 2.41. The molecule has 3 unspecified atom stereocenters. The first-order chi connectivity index (χ1) is 12.8. The monoisotopic (exact) mass is 375 g/mol. The number of fused-ring (bicyclic) bond motifs is 2. The highest BCUT2D eigenvalue weighted by molar-refractivity contribution is 5.92. The van der Waals surface area contributed by atoms with Crippen LogP contribution in [0.1, 0.15) is 67.8 Å². The maximum Gasteiger partial charge on any atom is 0.340 e. The van der Waals surface area contributed by atoms with E-state index in [1.54, 1.807) is 6.07 Å². The summed E-state index contributed by atoms with van der Waals surface area (Å²) in [5, 5.41) is 0. The molecule has 3 atom stereocenters. The van der Waals surface area contributed by atoms with E-state index in [2.05, 4.69) is 23.3 Å². The Kier molecular flexibility index (Phi) is 7.31. The second-order valence-corrected chi connectivity index (χ2v) is 7.36. The molecular weight excluding hydrogens is 345 g/mol. The molecule has 1 aromatic rings. The van der Waals surface area contributed by atoms with Crippen molar-refractivity contribution in [1.82, 2.24) is 4.90 Å². The van der Waals surface area contributed by atoms with Gasteiger partial charge in [-0.2, -0.15) is 0 Å². The Balaban J connectivity index is 0.000000321. The normalized spacial score (nSPS) is 24.0. The average Bonchev–Trinajstić information content (AvgIpc) is 2.89. The number of methoxy groups -OCH3 is 1.